The van der Waals surface area contributed by atoms with Gasteiger partial charge in [0.2, 0.25) is 0 Å². The van der Waals surface area contributed by atoms with Crippen LogP contribution in [-0.2, 0) is 12.6 Å². The van der Waals surface area contributed by atoms with Crippen LogP contribution in [0, 0.1) is 5.82 Å². The number of hydrogen-bond acceptors (Lipinski definition) is 1. The second-order valence-electron chi connectivity index (χ2n) is 5.27. The lowest BCUT2D eigenvalue weighted by atomic mass is 9.91. The van der Waals surface area contributed by atoms with E-state index in [1.807, 2.05) is 0 Å². The van der Waals surface area contributed by atoms with Crippen molar-refractivity contribution in [2.75, 3.05) is 5.32 Å². The van der Waals surface area contributed by atoms with E-state index in [1.165, 1.54) is 12.1 Å². The van der Waals surface area contributed by atoms with E-state index >= 15 is 0 Å². The van der Waals surface area contributed by atoms with Crippen LogP contribution < -0.4 is 5.32 Å². The number of rotatable bonds is 1. The molecule has 2 aromatic rings. The second kappa shape index (κ2) is 5.57. The van der Waals surface area contributed by atoms with Gasteiger partial charge in [-0.2, -0.15) is 13.2 Å². The summed E-state index contributed by atoms with van der Waals surface area (Å²) in [7, 11) is 0. The maximum atomic E-state index is 13.2. The van der Waals surface area contributed by atoms with Gasteiger partial charge in [-0.3, -0.25) is 0 Å². The molecule has 0 saturated heterocycles. The third kappa shape index (κ3) is 2.97. The molecule has 1 N–H and O–H groups in total. The third-order valence-corrected chi connectivity index (χ3v) is 4.24. The van der Waals surface area contributed by atoms with Crippen LogP contribution in [0.15, 0.2) is 40.9 Å². The summed E-state index contributed by atoms with van der Waals surface area (Å²) in [6.07, 6.45) is -3.23. The van der Waals surface area contributed by atoms with E-state index in [0.717, 1.165) is 11.6 Å². The van der Waals surface area contributed by atoms with Gasteiger partial charge in [0, 0.05) is 4.47 Å². The molecular formula is C16H12BrF4N. The Hall–Kier alpha value is -1.56. The molecule has 1 aliphatic rings. The maximum absolute atomic E-state index is 13.2. The normalized spacial score (nSPS) is 17.8. The van der Waals surface area contributed by atoms with Gasteiger partial charge in [-0.1, -0.05) is 28.1 Å². The van der Waals surface area contributed by atoms with Crippen molar-refractivity contribution in [1.82, 2.24) is 0 Å². The van der Waals surface area contributed by atoms with Crippen molar-refractivity contribution in [3.05, 3.63) is 63.4 Å². The molecule has 1 nitrogen and oxygen atoms in total. The number of benzene rings is 2. The summed E-state index contributed by atoms with van der Waals surface area (Å²) < 4.78 is 53.1. The van der Waals surface area contributed by atoms with Gasteiger partial charge in [0.1, 0.15) is 5.82 Å². The molecule has 6 heteroatoms. The van der Waals surface area contributed by atoms with E-state index in [1.54, 1.807) is 18.2 Å². The highest BCUT2D eigenvalue weighted by Crippen LogP contribution is 2.43. The van der Waals surface area contributed by atoms with E-state index in [0.29, 0.717) is 22.9 Å². The summed E-state index contributed by atoms with van der Waals surface area (Å²) in [6.45, 7) is 0. The predicted octanol–water partition coefficient (Wildman–Crippen LogP) is 5.71. The number of hydrogen-bond donors (Lipinski definition) is 1. The summed E-state index contributed by atoms with van der Waals surface area (Å²) in [5.74, 6) is -0.361. The molecule has 0 bridgehead atoms. The number of aryl methyl sites for hydroxylation is 1. The Kier molecular flexibility index (Phi) is 3.89. The van der Waals surface area contributed by atoms with E-state index in [-0.39, 0.29) is 17.5 Å². The number of alkyl halides is 3. The highest BCUT2D eigenvalue weighted by atomic mass is 79.9. The van der Waals surface area contributed by atoms with Gasteiger partial charge in [0.25, 0.3) is 0 Å². The van der Waals surface area contributed by atoms with Crippen LogP contribution in [0.5, 0.6) is 0 Å². The maximum Gasteiger partial charge on any atom is 0.418 e. The Morgan fingerprint density at radius 3 is 2.41 bits per heavy atom. The Balaban J connectivity index is 1.99. The standard InChI is InChI=1S/C16H12BrF4N/c17-11-7-10-3-6-14(9-1-4-12(18)5-2-9)22-15(10)13(8-11)16(19,20)21/h1-2,4-5,7-8,14,22H,3,6H2. The molecule has 116 valence electrons. The number of halogens is 5. The molecule has 1 heterocycles. The minimum absolute atomic E-state index is 0.122. The van der Waals surface area contributed by atoms with Crippen LogP contribution >= 0.6 is 15.9 Å². The van der Waals surface area contributed by atoms with Crippen molar-refractivity contribution in [3.63, 3.8) is 0 Å². The quantitative estimate of drug-likeness (QED) is 0.631. The van der Waals surface area contributed by atoms with Gasteiger partial charge in [0.05, 0.1) is 17.3 Å². The van der Waals surface area contributed by atoms with Crippen LogP contribution in [0.3, 0.4) is 0 Å². The van der Waals surface area contributed by atoms with Gasteiger partial charge >= 0.3 is 6.18 Å². The van der Waals surface area contributed by atoms with Crippen LogP contribution in [0.2, 0.25) is 0 Å². The molecule has 0 fully saturated rings. The fraction of sp³-hybridized carbons (Fsp3) is 0.250. The first-order valence-electron chi connectivity index (χ1n) is 6.76. The lowest BCUT2D eigenvalue weighted by Gasteiger charge is -2.30. The Morgan fingerprint density at radius 1 is 1.09 bits per heavy atom. The van der Waals surface area contributed by atoms with Crippen molar-refractivity contribution < 1.29 is 17.6 Å². The van der Waals surface area contributed by atoms with Crippen LogP contribution in [0.1, 0.15) is 29.2 Å². The minimum atomic E-state index is -4.43. The highest BCUT2D eigenvalue weighted by molar-refractivity contribution is 9.10. The highest BCUT2D eigenvalue weighted by Gasteiger charge is 2.36. The Labute approximate surface area is 133 Å². The molecule has 1 atom stereocenters. The summed E-state index contributed by atoms with van der Waals surface area (Å²) in [4.78, 5) is 0. The molecule has 0 aliphatic carbocycles. The van der Waals surface area contributed by atoms with Gasteiger partial charge in [-0.05, 0) is 48.2 Å². The van der Waals surface area contributed by atoms with E-state index in [4.69, 9.17) is 0 Å². The van der Waals surface area contributed by atoms with E-state index in [2.05, 4.69) is 21.2 Å². The minimum Gasteiger partial charge on any atom is -0.378 e. The Bertz CT molecular complexity index is 695. The average Bonchev–Trinajstić information content (AvgIpc) is 2.46. The third-order valence-electron chi connectivity index (χ3n) is 3.78. The van der Waals surface area contributed by atoms with Gasteiger partial charge in [0.15, 0.2) is 0 Å². The van der Waals surface area contributed by atoms with Gasteiger partial charge < -0.3 is 5.32 Å². The van der Waals surface area contributed by atoms with Crippen molar-refractivity contribution in [2.45, 2.75) is 25.1 Å². The fourth-order valence-electron chi connectivity index (χ4n) is 2.75. The lowest BCUT2D eigenvalue weighted by Crippen LogP contribution is -2.22. The zero-order chi connectivity index (χ0) is 15.9. The summed E-state index contributed by atoms with van der Waals surface area (Å²) in [5.41, 5.74) is 0.864. The SMILES string of the molecule is Fc1ccc(C2CCc3cc(Br)cc(C(F)(F)F)c3N2)cc1. The molecule has 22 heavy (non-hydrogen) atoms. The summed E-state index contributed by atoms with van der Waals surface area (Å²) in [6, 6.07) is 8.37. The van der Waals surface area contributed by atoms with Crippen molar-refractivity contribution in [1.29, 1.82) is 0 Å². The molecule has 1 aliphatic heterocycles. The second-order valence-corrected chi connectivity index (χ2v) is 6.19. The molecule has 0 aromatic heterocycles. The summed E-state index contributed by atoms with van der Waals surface area (Å²) >= 11 is 3.13. The molecule has 0 spiro atoms. The average molecular weight is 374 g/mol. The monoisotopic (exact) mass is 373 g/mol. The van der Waals surface area contributed by atoms with Crippen LogP contribution in [0.25, 0.3) is 0 Å². The van der Waals surface area contributed by atoms with Crippen molar-refractivity contribution in [3.8, 4) is 0 Å². The van der Waals surface area contributed by atoms with Crippen LogP contribution in [-0.4, -0.2) is 0 Å². The molecule has 3 rings (SSSR count). The topological polar surface area (TPSA) is 12.0 Å². The van der Waals surface area contributed by atoms with E-state index < -0.39 is 11.7 Å². The zero-order valence-corrected chi connectivity index (χ0v) is 12.9. The number of nitrogens with one attached hydrogen (secondary N) is 1. The van der Waals surface area contributed by atoms with Crippen LogP contribution in [0.4, 0.5) is 23.2 Å². The van der Waals surface area contributed by atoms with E-state index in [9.17, 15) is 17.6 Å². The molecular weight excluding hydrogens is 362 g/mol. The predicted molar refractivity (Wildman–Crippen MR) is 80.2 cm³/mol. The molecule has 0 radical (unpaired) electrons. The number of anilines is 1. The first-order chi connectivity index (χ1) is 10.3. The zero-order valence-electron chi connectivity index (χ0n) is 11.3. The molecule has 1 unspecified atom stereocenters. The smallest absolute Gasteiger partial charge is 0.378 e. The lowest BCUT2D eigenvalue weighted by molar-refractivity contribution is -0.137. The molecule has 0 amide bonds. The van der Waals surface area contributed by atoms with Crippen molar-refractivity contribution in [2.24, 2.45) is 0 Å². The molecule has 0 saturated carbocycles. The first-order valence-corrected chi connectivity index (χ1v) is 7.55. The van der Waals surface area contributed by atoms with Gasteiger partial charge in [-0.25, -0.2) is 4.39 Å². The van der Waals surface area contributed by atoms with Gasteiger partial charge in [-0.15, -0.1) is 0 Å². The largest absolute Gasteiger partial charge is 0.418 e. The number of fused-ring (bicyclic) bond motifs is 1. The summed E-state index contributed by atoms with van der Waals surface area (Å²) in [5, 5.41) is 2.97. The molecule has 2 aromatic carbocycles. The Morgan fingerprint density at radius 2 is 1.77 bits per heavy atom. The van der Waals surface area contributed by atoms with Crippen molar-refractivity contribution >= 4 is 21.6 Å². The fourth-order valence-corrected chi connectivity index (χ4v) is 3.25. The first kappa shape index (κ1) is 15.3.